The molecular weight excluding hydrogens is 288 g/mol. The normalized spacial score (nSPS) is 11.7. The van der Waals surface area contributed by atoms with Gasteiger partial charge in [0.05, 0.1) is 0 Å². The van der Waals surface area contributed by atoms with Gasteiger partial charge in [-0.1, -0.05) is 18.2 Å². The van der Waals surface area contributed by atoms with E-state index in [9.17, 15) is 14.7 Å². The lowest BCUT2D eigenvalue weighted by molar-refractivity contribution is -0.135. The van der Waals surface area contributed by atoms with Gasteiger partial charge in [-0.2, -0.15) is 0 Å². The highest BCUT2D eigenvalue weighted by molar-refractivity contribution is 5.90. The van der Waals surface area contributed by atoms with E-state index in [1.165, 1.54) is 24.4 Å². The number of carboxylic acids is 1. The molecule has 0 fully saturated rings. The summed E-state index contributed by atoms with van der Waals surface area (Å²) in [4.78, 5) is 26.6. The molecule has 2 rings (SSSR count). The van der Waals surface area contributed by atoms with Crippen LogP contribution in [0.2, 0.25) is 0 Å². The van der Waals surface area contributed by atoms with Gasteiger partial charge in [-0.15, -0.1) is 0 Å². The molecule has 1 aromatic carbocycles. The Morgan fingerprint density at radius 2 is 1.95 bits per heavy atom. The molecule has 22 heavy (non-hydrogen) atoms. The van der Waals surface area contributed by atoms with E-state index in [1.54, 1.807) is 18.2 Å². The highest BCUT2D eigenvalue weighted by Gasteiger charge is 2.21. The van der Waals surface area contributed by atoms with E-state index in [1.807, 2.05) is 0 Å². The lowest BCUT2D eigenvalue weighted by atomic mass is 10.1. The molecule has 0 aliphatic carbocycles. The number of ether oxygens (including phenoxy) is 1. The van der Waals surface area contributed by atoms with Crippen molar-refractivity contribution in [2.45, 2.75) is 12.5 Å². The minimum absolute atomic E-state index is 0.0263. The fourth-order valence-electron chi connectivity index (χ4n) is 1.82. The third kappa shape index (κ3) is 3.58. The zero-order chi connectivity index (χ0) is 16.1. The zero-order valence-electron chi connectivity index (χ0n) is 11.5. The van der Waals surface area contributed by atoms with E-state index in [4.69, 9.17) is 15.6 Å². The Balaban J connectivity index is 2.09. The van der Waals surface area contributed by atoms with Crippen LogP contribution in [0.3, 0.4) is 0 Å². The van der Waals surface area contributed by atoms with Gasteiger partial charge in [0, 0.05) is 12.6 Å². The summed E-state index contributed by atoms with van der Waals surface area (Å²) in [5.41, 5.74) is 5.87. The van der Waals surface area contributed by atoms with Gasteiger partial charge in [-0.3, -0.25) is 0 Å². The molecule has 2 aromatic rings. The van der Waals surface area contributed by atoms with Gasteiger partial charge < -0.3 is 20.7 Å². The SMILES string of the molecule is NC(Cc1ccccc1O)C(=O)Oc1cccnc1C(=O)O. The largest absolute Gasteiger partial charge is 0.508 e. The molecule has 0 aliphatic heterocycles. The molecule has 1 atom stereocenters. The number of hydrogen-bond donors (Lipinski definition) is 3. The summed E-state index contributed by atoms with van der Waals surface area (Å²) in [7, 11) is 0. The van der Waals surface area contributed by atoms with Crippen molar-refractivity contribution in [1.29, 1.82) is 0 Å². The predicted octanol–water partition coefficient (Wildman–Crippen LogP) is 0.961. The molecule has 0 amide bonds. The van der Waals surface area contributed by atoms with Gasteiger partial charge in [-0.05, 0) is 23.8 Å². The first-order chi connectivity index (χ1) is 10.5. The van der Waals surface area contributed by atoms with Crippen molar-refractivity contribution in [1.82, 2.24) is 4.98 Å². The number of aromatic nitrogens is 1. The number of rotatable bonds is 5. The first kappa shape index (κ1) is 15.5. The molecule has 0 radical (unpaired) electrons. The molecule has 0 spiro atoms. The third-order valence-corrected chi connectivity index (χ3v) is 2.92. The van der Waals surface area contributed by atoms with E-state index < -0.39 is 18.0 Å². The highest BCUT2D eigenvalue weighted by atomic mass is 16.5. The van der Waals surface area contributed by atoms with Gasteiger partial charge in [0.15, 0.2) is 11.4 Å². The van der Waals surface area contributed by atoms with Crippen LogP contribution in [-0.4, -0.2) is 33.2 Å². The number of benzene rings is 1. The fourth-order valence-corrected chi connectivity index (χ4v) is 1.82. The average Bonchev–Trinajstić information content (AvgIpc) is 2.49. The number of pyridine rings is 1. The second kappa shape index (κ2) is 6.68. The van der Waals surface area contributed by atoms with E-state index in [2.05, 4.69) is 4.98 Å². The summed E-state index contributed by atoms with van der Waals surface area (Å²) < 4.78 is 4.99. The molecule has 0 bridgehead atoms. The van der Waals surface area contributed by atoms with Gasteiger partial charge in [0.2, 0.25) is 0 Å². The molecule has 7 nitrogen and oxygen atoms in total. The van der Waals surface area contributed by atoms with Crippen molar-refractivity contribution in [3.8, 4) is 11.5 Å². The minimum Gasteiger partial charge on any atom is -0.508 e. The highest BCUT2D eigenvalue weighted by Crippen LogP contribution is 2.19. The standard InChI is InChI=1S/C15H14N2O5/c16-10(8-9-4-1-2-5-11(9)18)15(21)22-12-6-3-7-17-13(12)14(19)20/h1-7,10,18H,8,16H2,(H,19,20). The van der Waals surface area contributed by atoms with Crippen molar-refractivity contribution in [3.05, 3.63) is 53.9 Å². The topological polar surface area (TPSA) is 123 Å². The minimum atomic E-state index is -1.31. The number of nitrogens with zero attached hydrogens (tertiary/aromatic N) is 1. The molecule has 4 N–H and O–H groups in total. The smallest absolute Gasteiger partial charge is 0.358 e. The van der Waals surface area contributed by atoms with Crippen LogP contribution in [0.1, 0.15) is 16.1 Å². The van der Waals surface area contributed by atoms with Crippen molar-refractivity contribution < 1.29 is 24.5 Å². The number of esters is 1. The third-order valence-electron chi connectivity index (χ3n) is 2.92. The van der Waals surface area contributed by atoms with Gasteiger partial charge >= 0.3 is 11.9 Å². The quantitative estimate of drug-likeness (QED) is 0.703. The number of phenols is 1. The summed E-state index contributed by atoms with van der Waals surface area (Å²) in [6.45, 7) is 0. The zero-order valence-corrected chi connectivity index (χ0v) is 11.5. The van der Waals surface area contributed by atoms with E-state index in [0.717, 1.165) is 0 Å². The Morgan fingerprint density at radius 1 is 1.23 bits per heavy atom. The number of hydrogen-bond acceptors (Lipinski definition) is 6. The van der Waals surface area contributed by atoms with Crippen LogP contribution in [-0.2, 0) is 11.2 Å². The number of para-hydroxylation sites is 1. The summed E-state index contributed by atoms with van der Waals surface area (Å²) in [5.74, 6) is -2.26. The number of carboxylic acid groups (broad SMARTS) is 1. The molecule has 0 aliphatic rings. The van der Waals surface area contributed by atoms with Crippen molar-refractivity contribution in [2.24, 2.45) is 5.73 Å². The van der Waals surface area contributed by atoms with Gasteiger partial charge in [0.1, 0.15) is 11.8 Å². The number of carbonyl (C=O) groups excluding carboxylic acids is 1. The van der Waals surface area contributed by atoms with Crippen molar-refractivity contribution >= 4 is 11.9 Å². The first-order valence-corrected chi connectivity index (χ1v) is 6.41. The van der Waals surface area contributed by atoms with E-state index in [0.29, 0.717) is 5.56 Å². The molecule has 1 heterocycles. The lowest BCUT2D eigenvalue weighted by Gasteiger charge is -2.13. The Labute approximate surface area is 126 Å². The van der Waals surface area contributed by atoms with Gasteiger partial charge in [0.25, 0.3) is 0 Å². The number of phenolic OH excluding ortho intramolecular Hbond substituents is 1. The first-order valence-electron chi connectivity index (χ1n) is 6.41. The fraction of sp³-hybridized carbons (Fsp3) is 0.133. The second-order valence-electron chi connectivity index (χ2n) is 4.52. The van der Waals surface area contributed by atoms with Crippen molar-refractivity contribution in [3.63, 3.8) is 0 Å². The summed E-state index contributed by atoms with van der Waals surface area (Å²) in [5, 5.41) is 18.6. The molecular formula is C15H14N2O5. The Morgan fingerprint density at radius 3 is 2.64 bits per heavy atom. The Kier molecular flexibility index (Phi) is 4.70. The Bertz CT molecular complexity index is 702. The summed E-state index contributed by atoms with van der Waals surface area (Å²) >= 11 is 0. The molecule has 7 heteroatoms. The molecule has 114 valence electrons. The van der Waals surface area contributed by atoms with Crippen LogP contribution in [0.5, 0.6) is 11.5 Å². The predicted molar refractivity (Wildman–Crippen MR) is 76.6 cm³/mol. The number of nitrogens with two attached hydrogens (primary N) is 1. The van der Waals surface area contributed by atoms with Crippen LogP contribution in [0.15, 0.2) is 42.6 Å². The maximum atomic E-state index is 12.0. The summed E-state index contributed by atoms with van der Waals surface area (Å²) in [6, 6.07) is 8.20. The van der Waals surface area contributed by atoms with Crippen LogP contribution in [0.25, 0.3) is 0 Å². The molecule has 0 saturated carbocycles. The summed E-state index contributed by atoms with van der Waals surface area (Å²) in [6.07, 6.45) is 1.34. The maximum absolute atomic E-state index is 12.0. The van der Waals surface area contributed by atoms with Crippen LogP contribution in [0, 0.1) is 0 Å². The molecule has 1 unspecified atom stereocenters. The molecule has 0 saturated heterocycles. The number of aromatic carboxylic acids is 1. The van der Waals surface area contributed by atoms with Crippen LogP contribution in [0.4, 0.5) is 0 Å². The number of aromatic hydroxyl groups is 1. The van der Waals surface area contributed by atoms with Gasteiger partial charge in [-0.25, -0.2) is 14.6 Å². The second-order valence-corrected chi connectivity index (χ2v) is 4.52. The van der Waals surface area contributed by atoms with Crippen molar-refractivity contribution in [2.75, 3.05) is 0 Å². The maximum Gasteiger partial charge on any atom is 0.358 e. The van der Waals surface area contributed by atoms with Crippen LogP contribution < -0.4 is 10.5 Å². The number of carbonyl (C=O) groups is 2. The lowest BCUT2D eigenvalue weighted by Crippen LogP contribution is -2.36. The average molecular weight is 302 g/mol. The van der Waals surface area contributed by atoms with Crippen LogP contribution >= 0.6 is 0 Å². The van der Waals surface area contributed by atoms with E-state index >= 15 is 0 Å². The van der Waals surface area contributed by atoms with E-state index in [-0.39, 0.29) is 23.6 Å². The molecule has 1 aromatic heterocycles. The monoisotopic (exact) mass is 302 g/mol. The Hall–Kier alpha value is -2.93.